The maximum atomic E-state index is 10.9. The van der Waals surface area contributed by atoms with E-state index < -0.39 is 4.92 Å². The van der Waals surface area contributed by atoms with E-state index in [1.807, 2.05) is 13.0 Å². The van der Waals surface area contributed by atoms with Crippen molar-refractivity contribution < 1.29 is 4.92 Å². The summed E-state index contributed by atoms with van der Waals surface area (Å²) in [5, 5.41) is 15.0. The van der Waals surface area contributed by atoms with Crippen molar-refractivity contribution in [2.75, 3.05) is 5.73 Å². The van der Waals surface area contributed by atoms with Gasteiger partial charge in [0.15, 0.2) is 0 Å². The zero-order valence-electron chi connectivity index (χ0n) is 10.1. The Morgan fingerprint density at radius 2 is 2.28 bits per heavy atom. The van der Waals surface area contributed by atoms with Gasteiger partial charge < -0.3 is 5.73 Å². The highest BCUT2D eigenvalue weighted by molar-refractivity contribution is 5.56. The fourth-order valence-corrected chi connectivity index (χ4v) is 1.84. The summed E-state index contributed by atoms with van der Waals surface area (Å²) in [6, 6.07) is 3.47. The molecule has 94 valence electrons. The monoisotopic (exact) mass is 247 g/mol. The third-order valence-electron chi connectivity index (χ3n) is 2.81. The van der Waals surface area contributed by atoms with Crippen LogP contribution in [0.25, 0.3) is 0 Å². The van der Waals surface area contributed by atoms with E-state index in [2.05, 4.69) is 10.1 Å². The predicted octanol–water partition coefficient (Wildman–Crippen LogP) is 1.69. The zero-order valence-corrected chi connectivity index (χ0v) is 10.1. The van der Waals surface area contributed by atoms with Gasteiger partial charge in [-0.05, 0) is 25.5 Å². The number of anilines is 1. The molecular weight excluding hydrogens is 234 g/mol. The van der Waals surface area contributed by atoms with Crippen LogP contribution in [-0.2, 0) is 0 Å². The Kier molecular flexibility index (Phi) is 2.97. The van der Waals surface area contributed by atoms with Gasteiger partial charge in [-0.1, -0.05) is 6.07 Å². The molecule has 2 N–H and O–H groups in total. The lowest BCUT2D eigenvalue weighted by molar-refractivity contribution is -0.384. The first-order valence-corrected chi connectivity index (χ1v) is 5.41. The standard InChI is InChI=1S/C11H13N5O2/c1-7-10(16(17)18)11(12)15(14-7)8(2)9-4-3-5-13-6-9/h3-6,8H,12H2,1-2H3. The second kappa shape index (κ2) is 4.44. The molecule has 0 spiro atoms. The van der Waals surface area contributed by atoms with E-state index in [9.17, 15) is 10.1 Å². The molecule has 0 saturated carbocycles. The molecule has 0 amide bonds. The van der Waals surface area contributed by atoms with Gasteiger partial charge in [0, 0.05) is 12.4 Å². The third kappa shape index (κ3) is 1.90. The Hall–Kier alpha value is -2.44. The van der Waals surface area contributed by atoms with Crippen LogP contribution in [0.5, 0.6) is 0 Å². The molecule has 1 atom stereocenters. The van der Waals surface area contributed by atoms with E-state index in [-0.39, 0.29) is 17.5 Å². The number of aryl methyl sites for hydroxylation is 1. The first-order valence-electron chi connectivity index (χ1n) is 5.41. The quantitative estimate of drug-likeness (QED) is 0.657. The van der Waals surface area contributed by atoms with Crippen molar-refractivity contribution >= 4 is 11.5 Å². The lowest BCUT2D eigenvalue weighted by Gasteiger charge is -2.12. The number of nitro groups is 1. The molecule has 7 heteroatoms. The van der Waals surface area contributed by atoms with Crippen molar-refractivity contribution in [3.8, 4) is 0 Å². The highest BCUT2D eigenvalue weighted by Crippen LogP contribution is 2.29. The number of nitrogens with two attached hydrogens (primary N) is 1. The Balaban J connectivity index is 2.47. The summed E-state index contributed by atoms with van der Waals surface area (Å²) < 4.78 is 1.45. The van der Waals surface area contributed by atoms with E-state index >= 15 is 0 Å². The van der Waals surface area contributed by atoms with Crippen molar-refractivity contribution in [3.05, 3.63) is 45.9 Å². The van der Waals surface area contributed by atoms with Crippen LogP contribution in [0, 0.1) is 17.0 Å². The Morgan fingerprint density at radius 3 is 2.78 bits per heavy atom. The van der Waals surface area contributed by atoms with E-state index in [0.717, 1.165) is 5.56 Å². The summed E-state index contributed by atoms with van der Waals surface area (Å²) in [6.45, 7) is 3.44. The lowest BCUT2D eigenvalue weighted by Crippen LogP contribution is -2.12. The molecule has 1 unspecified atom stereocenters. The maximum Gasteiger partial charge on any atom is 0.333 e. The molecule has 0 aliphatic carbocycles. The summed E-state index contributed by atoms with van der Waals surface area (Å²) in [5.41, 5.74) is 6.85. The maximum absolute atomic E-state index is 10.9. The van der Waals surface area contributed by atoms with Gasteiger partial charge in [0.2, 0.25) is 5.82 Å². The number of pyridine rings is 1. The van der Waals surface area contributed by atoms with E-state index in [4.69, 9.17) is 5.73 Å². The van der Waals surface area contributed by atoms with Crippen molar-refractivity contribution in [1.29, 1.82) is 0 Å². The van der Waals surface area contributed by atoms with E-state index in [0.29, 0.717) is 5.69 Å². The smallest absolute Gasteiger partial charge is 0.333 e. The summed E-state index contributed by atoms with van der Waals surface area (Å²) in [7, 11) is 0. The predicted molar refractivity (Wildman–Crippen MR) is 66.1 cm³/mol. The number of nitrogen functional groups attached to an aromatic ring is 1. The number of hydrogen-bond acceptors (Lipinski definition) is 5. The minimum atomic E-state index is -0.510. The third-order valence-corrected chi connectivity index (χ3v) is 2.81. The Labute approximate surface area is 103 Å². The SMILES string of the molecule is Cc1nn(C(C)c2cccnc2)c(N)c1[N+](=O)[O-]. The molecule has 0 fully saturated rings. The van der Waals surface area contributed by atoms with Crippen molar-refractivity contribution in [2.45, 2.75) is 19.9 Å². The summed E-state index contributed by atoms with van der Waals surface area (Å²) in [6.07, 6.45) is 3.35. The van der Waals surface area contributed by atoms with Gasteiger partial charge in [0.05, 0.1) is 11.0 Å². The number of nitrogens with zero attached hydrogens (tertiary/aromatic N) is 4. The molecule has 0 bridgehead atoms. The van der Waals surface area contributed by atoms with E-state index in [1.54, 1.807) is 25.4 Å². The highest BCUT2D eigenvalue weighted by atomic mass is 16.6. The molecule has 7 nitrogen and oxygen atoms in total. The molecule has 0 saturated heterocycles. The second-order valence-electron chi connectivity index (χ2n) is 3.98. The first-order chi connectivity index (χ1) is 8.52. The van der Waals surface area contributed by atoms with Crippen LogP contribution in [-0.4, -0.2) is 19.7 Å². The minimum absolute atomic E-state index is 0.0638. The Bertz CT molecular complexity index is 579. The normalized spacial score (nSPS) is 12.3. The molecule has 0 aliphatic heterocycles. The summed E-state index contributed by atoms with van der Waals surface area (Å²) in [5.74, 6) is 0.0638. The molecular formula is C11H13N5O2. The zero-order chi connectivity index (χ0) is 13.3. The lowest BCUT2D eigenvalue weighted by atomic mass is 10.1. The second-order valence-corrected chi connectivity index (χ2v) is 3.98. The Morgan fingerprint density at radius 1 is 1.56 bits per heavy atom. The van der Waals surface area contributed by atoms with Crippen LogP contribution in [0.15, 0.2) is 24.5 Å². The van der Waals surface area contributed by atoms with Crippen molar-refractivity contribution in [3.63, 3.8) is 0 Å². The average molecular weight is 247 g/mol. The van der Waals surface area contributed by atoms with Gasteiger partial charge in [0.1, 0.15) is 5.69 Å². The molecule has 2 aromatic heterocycles. The fourth-order valence-electron chi connectivity index (χ4n) is 1.84. The molecule has 0 aromatic carbocycles. The van der Waals surface area contributed by atoms with Gasteiger partial charge >= 0.3 is 5.69 Å². The van der Waals surface area contributed by atoms with Crippen LogP contribution in [0.1, 0.15) is 24.2 Å². The largest absolute Gasteiger partial charge is 0.378 e. The average Bonchev–Trinajstić information content (AvgIpc) is 2.65. The van der Waals surface area contributed by atoms with Crippen molar-refractivity contribution in [2.24, 2.45) is 0 Å². The van der Waals surface area contributed by atoms with Gasteiger partial charge in [-0.25, -0.2) is 4.68 Å². The molecule has 2 aromatic rings. The van der Waals surface area contributed by atoms with Gasteiger partial charge in [-0.3, -0.25) is 15.1 Å². The summed E-state index contributed by atoms with van der Waals surface area (Å²) in [4.78, 5) is 14.4. The van der Waals surface area contributed by atoms with Crippen LogP contribution in [0.4, 0.5) is 11.5 Å². The van der Waals surface area contributed by atoms with Crippen LogP contribution < -0.4 is 5.73 Å². The molecule has 2 rings (SSSR count). The highest BCUT2D eigenvalue weighted by Gasteiger charge is 2.25. The van der Waals surface area contributed by atoms with Crippen LogP contribution in [0.3, 0.4) is 0 Å². The first kappa shape index (κ1) is 12.0. The summed E-state index contributed by atoms with van der Waals surface area (Å²) >= 11 is 0. The molecule has 0 aliphatic rings. The molecule has 2 heterocycles. The fraction of sp³-hybridized carbons (Fsp3) is 0.273. The van der Waals surface area contributed by atoms with Crippen molar-refractivity contribution in [1.82, 2.24) is 14.8 Å². The number of aromatic nitrogens is 3. The molecule has 18 heavy (non-hydrogen) atoms. The van der Waals surface area contributed by atoms with Gasteiger partial charge in [-0.15, -0.1) is 0 Å². The van der Waals surface area contributed by atoms with Gasteiger partial charge in [0.25, 0.3) is 0 Å². The topological polar surface area (TPSA) is 99.9 Å². The minimum Gasteiger partial charge on any atom is -0.378 e. The van der Waals surface area contributed by atoms with Gasteiger partial charge in [-0.2, -0.15) is 5.10 Å². The number of rotatable bonds is 3. The van der Waals surface area contributed by atoms with E-state index in [1.165, 1.54) is 4.68 Å². The molecule has 0 radical (unpaired) electrons. The van der Waals surface area contributed by atoms with Crippen LogP contribution in [0.2, 0.25) is 0 Å². The number of hydrogen-bond donors (Lipinski definition) is 1. The van der Waals surface area contributed by atoms with Crippen LogP contribution >= 0.6 is 0 Å².